The van der Waals surface area contributed by atoms with Crippen LogP contribution in [0.3, 0.4) is 0 Å². The first-order valence-electron chi connectivity index (χ1n) is 7.69. The Kier molecular flexibility index (Phi) is 4.12. The lowest BCUT2D eigenvalue weighted by Gasteiger charge is -2.19. The second-order valence-electron chi connectivity index (χ2n) is 5.74. The maximum atomic E-state index is 12.1. The number of fused-ring (bicyclic) bond motifs is 1. The van der Waals surface area contributed by atoms with Crippen molar-refractivity contribution in [2.24, 2.45) is 0 Å². The summed E-state index contributed by atoms with van der Waals surface area (Å²) >= 11 is 0. The fourth-order valence-corrected chi connectivity index (χ4v) is 3.09. The topological polar surface area (TPSA) is 53.6 Å². The third-order valence-corrected chi connectivity index (χ3v) is 4.31. The molecule has 2 atom stereocenters. The fourth-order valence-electron chi connectivity index (χ4n) is 3.09. The van der Waals surface area contributed by atoms with Crippen molar-refractivity contribution < 1.29 is 9.53 Å². The lowest BCUT2D eigenvalue weighted by Crippen LogP contribution is -2.27. The van der Waals surface area contributed by atoms with Gasteiger partial charge < -0.3 is 20.3 Å². The Morgan fingerprint density at radius 1 is 1.48 bits per heavy atom. The number of hydrogen-bond donors (Lipinski definition) is 2. The van der Waals surface area contributed by atoms with E-state index in [1.807, 2.05) is 0 Å². The van der Waals surface area contributed by atoms with Gasteiger partial charge in [-0.2, -0.15) is 0 Å². The molecule has 5 heteroatoms. The summed E-state index contributed by atoms with van der Waals surface area (Å²) in [5.41, 5.74) is 3.15. The third-order valence-electron chi connectivity index (χ3n) is 4.31. The number of carbonyl (C=O) groups is 1. The van der Waals surface area contributed by atoms with Crippen molar-refractivity contribution in [3.8, 4) is 0 Å². The summed E-state index contributed by atoms with van der Waals surface area (Å²) in [6, 6.07) is 6.05. The maximum Gasteiger partial charge on any atom is 0.246 e. The molecule has 0 spiro atoms. The normalized spacial score (nSPS) is 24.3. The number of ether oxygens (including phenoxy) is 1. The number of benzene rings is 1. The summed E-state index contributed by atoms with van der Waals surface area (Å²) in [6.07, 6.45) is 2.39. The molecule has 1 aromatic rings. The molecule has 2 aliphatic rings. The van der Waals surface area contributed by atoms with Gasteiger partial charge in [0.1, 0.15) is 6.04 Å². The van der Waals surface area contributed by atoms with E-state index >= 15 is 0 Å². The Hall–Kier alpha value is -1.59. The number of amides is 1. The van der Waals surface area contributed by atoms with Gasteiger partial charge in [0.2, 0.25) is 5.91 Å². The molecule has 1 fully saturated rings. The van der Waals surface area contributed by atoms with Crippen LogP contribution < -0.4 is 15.5 Å². The zero-order valence-corrected chi connectivity index (χ0v) is 12.7. The first kappa shape index (κ1) is 14.4. The first-order chi connectivity index (χ1) is 10.2. The molecule has 0 saturated carbocycles. The van der Waals surface area contributed by atoms with Crippen LogP contribution in [0, 0.1) is 0 Å². The molecule has 2 aliphatic heterocycles. The summed E-state index contributed by atoms with van der Waals surface area (Å²) in [5, 5.41) is 6.28. The molecule has 114 valence electrons. The number of carbonyl (C=O) groups excluding carboxylic acids is 1. The van der Waals surface area contributed by atoms with Crippen molar-refractivity contribution in [1.29, 1.82) is 0 Å². The number of nitrogens with zero attached hydrogens (tertiary/aromatic N) is 1. The molecule has 2 unspecified atom stereocenters. The molecule has 1 amide bonds. The van der Waals surface area contributed by atoms with Gasteiger partial charge in [-0.1, -0.05) is 13.0 Å². The van der Waals surface area contributed by atoms with E-state index in [1.54, 1.807) is 7.11 Å². The second-order valence-corrected chi connectivity index (χ2v) is 5.74. The predicted molar refractivity (Wildman–Crippen MR) is 83.7 cm³/mol. The minimum atomic E-state index is -0.209. The highest BCUT2D eigenvalue weighted by Gasteiger charge is 2.31. The Morgan fingerprint density at radius 3 is 3.05 bits per heavy atom. The number of methoxy groups -OCH3 is 1. The molecule has 1 aromatic carbocycles. The average Bonchev–Trinajstić information content (AvgIpc) is 3.08. The van der Waals surface area contributed by atoms with E-state index in [9.17, 15) is 4.79 Å². The van der Waals surface area contributed by atoms with Crippen molar-refractivity contribution >= 4 is 17.3 Å². The molecule has 5 nitrogen and oxygen atoms in total. The molecule has 21 heavy (non-hydrogen) atoms. The quantitative estimate of drug-likeness (QED) is 0.869. The first-order valence-corrected chi connectivity index (χ1v) is 7.69. The highest BCUT2D eigenvalue weighted by molar-refractivity contribution is 6.03. The summed E-state index contributed by atoms with van der Waals surface area (Å²) in [5.74, 6) is 0.0480. The molecule has 0 aliphatic carbocycles. The van der Waals surface area contributed by atoms with E-state index in [1.165, 1.54) is 0 Å². The average molecular weight is 289 g/mol. The van der Waals surface area contributed by atoms with Crippen LogP contribution in [0.15, 0.2) is 18.2 Å². The van der Waals surface area contributed by atoms with Gasteiger partial charge in [0.05, 0.1) is 6.10 Å². The Bertz CT molecular complexity index is 532. The number of hydrogen-bond acceptors (Lipinski definition) is 4. The molecule has 0 aromatic heterocycles. The van der Waals surface area contributed by atoms with Crippen LogP contribution in [0.4, 0.5) is 11.4 Å². The van der Waals surface area contributed by atoms with Crippen molar-refractivity contribution in [2.45, 2.75) is 31.9 Å². The van der Waals surface area contributed by atoms with E-state index in [4.69, 9.17) is 4.74 Å². The van der Waals surface area contributed by atoms with E-state index in [-0.39, 0.29) is 11.9 Å². The predicted octanol–water partition coefficient (Wildman–Crippen LogP) is 1.90. The van der Waals surface area contributed by atoms with E-state index in [2.05, 4.69) is 40.7 Å². The molecule has 2 N–H and O–H groups in total. The van der Waals surface area contributed by atoms with Gasteiger partial charge in [-0.15, -0.1) is 0 Å². The fraction of sp³-hybridized carbons (Fsp3) is 0.562. The van der Waals surface area contributed by atoms with Crippen LogP contribution in [0.1, 0.15) is 31.4 Å². The van der Waals surface area contributed by atoms with E-state index in [0.29, 0.717) is 6.10 Å². The molecular weight excluding hydrogens is 266 g/mol. The lowest BCUT2D eigenvalue weighted by atomic mass is 10.1. The van der Waals surface area contributed by atoms with Gasteiger partial charge in [0, 0.05) is 37.1 Å². The lowest BCUT2D eigenvalue weighted by molar-refractivity contribution is -0.117. The van der Waals surface area contributed by atoms with Gasteiger partial charge in [0.25, 0.3) is 0 Å². The number of anilines is 2. The number of nitrogens with one attached hydrogen (secondary N) is 2. The molecule has 3 rings (SSSR count). The van der Waals surface area contributed by atoms with Crippen molar-refractivity contribution in [3.05, 3.63) is 23.8 Å². The summed E-state index contributed by atoms with van der Waals surface area (Å²) in [6.45, 7) is 4.87. The van der Waals surface area contributed by atoms with Crippen LogP contribution in [0.25, 0.3) is 0 Å². The molecule has 1 saturated heterocycles. The standard InChI is InChI=1S/C16H23N3O2/c1-3-7-17-15-13-5-4-11(9-14(13)18-16(15)20)19-8-6-12(10-19)21-2/h4-5,9,12,15,17H,3,6-8,10H2,1-2H3,(H,18,20). The molecular formula is C16H23N3O2. The zero-order chi connectivity index (χ0) is 14.8. The highest BCUT2D eigenvalue weighted by Crippen LogP contribution is 2.35. The van der Waals surface area contributed by atoms with Gasteiger partial charge in [-0.05, 0) is 31.5 Å². The smallest absolute Gasteiger partial charge is 0.246 e. The summed E-state index contributed by atoms with van der Waals surface area (Å²) in [7, 11) is 1.76. The van der Waals surface area contributed by atoms with Crippen LogP contribution in [0.2, 0.25) is 0 Å². The van der Waals surface area contributed by atoms with Crippen LogP contribution in [-0.2, 0) is 9.53 Å². The molecule has 0 bridgehead atoms. The van der Waals surface area contributed by atoms with Crippen molar-refractivity contribution in [3.63, 3.8) is 0 Å². The van der Waals surface area contributed by atoms with Gasteiger partial charge in [0.15, 0.2) is 0 Å². The van der Waals surface area contributed by atoms with Crippen molar-refractivity contribution in [2.75, 3.05) is 37.0 Å². The van der Waals surface area contributed by atoms with Crippen molar-refractivity contribution in [1.82, 2.24) is 5.32 Å². The Balaban J connectivity index is 1.77. The minimum Gasteiger partial charge on any atom is -0.380 e. The van der Waals surface area contributed by atoms with E-state index < -0.39 is 0 Å². The van der Waals surface area contributed by atoms with Gasteiger partial charge in [-0.3, -0.25) is 4.79 Å². The Morgan fingerprint density at radius 2 is 2.33 bits per heavy atom. The maximum absolute atomic E-state index is 12.1. The molecule has 2 heterocycles. The summed E-state index contributed by atoms with van der Waals surface area (Å²) < 4.78 is 5.41. The monoisotopic (exact) mass is 289 g/mol. The van der Waals surface area contributed by atoms with Gasteiger partial charge in [-0.25, -0.2) is 0 Å². The van der Waals surface area contributed by atoms with Crippen LogP contribution in [0.5, 0.6) is 0 Å². The Labute approximate surface area is 125 Å². The highest BCUT2D eigenvalue weighted by atomic mass is 16.5. The largest absolute Gasteiger partial charge is 0.380 e. The van der Waals surface area contributed by atoms with E-state index in [0.717, 1.165) is 49.4 Å². The SMILES string of the molecule is CCCNC1C(=O)Nc2cc(N3CCC(OC)C3)ccc21. The summed E-state index contributed by atoms with van der Waals surface area (Å²) in [4.78, 5) is 14.4. The van der Waals surface area contributed by atoms with Crippen LogP contribution >= 0.6 is 0 Å². The second kappa shape index (κ2) is 6.03. The minimum absolute atomic E-state index is 0.0480. The van der Waals surface area contributed by atoms with Gasteiger partial charge >= 0.3 is 0 Å². The number of rotatable bonds is 5. The van der Waals surface area contributed by atoms with Crippen LogP contribution in [-0.4, -0.2) is 38.8 Å². The molecule has 0 radical (unpaired) electrons. The zero-order valence-electron chi connectivity index (χ0n) is 12.7. The third kappa shape index (κ3) is 2.76.